The van der Waals surface area contributed by atoms with Crippen LogP contribution >= 0.6 is 0 Å². The number of fused-ring (bicyclic) bond motifs is 1. The molecule has 1 aromatic carbocycles. The molecule has 0 aliphatic heterocycles. The lowest BCUT2D eigenvalue weighted by Crippen LogP contribution is -2.31. The molecule has 2 heterocycles. The second-order valence-electron chi connectivity index (χ2n) is 7.50. The fourth-order valence-corrected chi connectivity index (χ4v) is 3.08. The summed E-state index contributed by atoms with van der Waals surface area (Å²) in [5.74, 6) is -1.94. The Morgan fingerprint density at radius 2 is 2.10 bits per heavy atom. The Balaban J connectivity index is 1.60. The summed E-state index contributed by atoms with van der Waals surface area (Å²) in [6, 6.07) is 3.89. The van der Waals surface area contributed by atoms with Gasteiger partial charge in [-0.3, -0.25) is 4.52 Å². The van der Waals surface area contributed by atoms with Crippen molar-refractivity contribution in [3.05, 3.63) is 45.7 Å². The first-order valence-corrected chi connectivity index (χ1v) is 8.77. The molecule has 1 unspecified atom stereocenters. The van der Waals surface area contributed by atoms with Gasteiger partial charge >= 0.3 is 11.7 Å². The number of esters is 1. The van der Waals surface area contributed by atoms with Gasteiger partial charge in [0.2, 0.25) is 11.5 Å². The third-order valence-electron chi connectivity index (χ3n) is 4.24. The number of ether oxygens (including phenoxy) is 2. The lowest BCUT2D eigenvalue weighted by Gasteiger charge is -2.30. The second kappa shape index (κ2) is 6.83. The normalized spacial score (nSPS) is 15.5. The molecule has 1 atom stereocenters. The number of rotatable bonds is 5. The number of aromatic nitrogens is 4. The molecule has 10 nitrogen and oxygen atoms in total. The van der Waals surface area contributed by atoms with Crippen LogP contribution < -0.4 is 10.5 Å². The van der Waals surface area contributed by atoms with E-state index in [0.717, 1.165) is 5.56 Å². The van der Waals surface area contributed by atoms with E-state index in [0.29, 0.717) is 12.0 Å². The van der Waals surface area contributed by atoms with Crippen LogP contribution in [0.4, 0.5) is 4.39 Å². The highest BCUT2D eigenvalue weighted by Gasteiger charge is 2.35. The van der Waals surface area contributed by atoms with E-state index in [2.05, 4.69) is 20.1 Å². The van der Waals surface area contributed by atoms with Crippen molar-refractivity contribution in [1.29, 1.82) is 0 Å². The van der Waals surface area contributed by atoms with Gasteiger partial charge in [0.25, 0.3) is 5.88 Å². The lowest BCUT2D eigenvalue weighted by molar-refractivity contribution is -0.157. The summed E-state index contributed by atoms with van der Waals surface area (Å²) in [7, 11) is 0. The van der Waals surface area contributed by atoms with Crippen LogP contribution in [0.25, 0.3) is 11.5 Å². The highest BCUT2D eigenvalue weighted by molar-refractivity contribution is 5.71. The number of benzene rings is 1. The van der Waals surface area contributed by atoms with Crippen molar-refractivity contribution in [1.82, 2.24) is 20.0 Å². The van der Waals surface area contributed by atoms with E-state index in [-0.39, 0.29) is 17.4 Å². The quantitative estimate of drug-likeness (QED) is 0.587. The summed E-state index contributed by atoms with van der Waals surface area (Å²) in [5.41, 5.74) is 0.855. The summed E-state index contributed by atoms with van der Waals surface area (Å²) in [6.07, 6.45) is 0.489. The average Bonchev–Trinajstić information content (AvgIpc) is 3.21. The molecule has 0 saturated heterocycles. The summed E-state index contributed by atoms with van der Waals surface area (Å²) in [6.45, 7) is 4.72. The van der Waals surface area contributed by atoms with Crippen molar-refractivity contribution in [2.45, 2.75) is 38.8 Å². The zero-order chi connectivity index (χ0) is 20.8. The minimum Gasteiger partial charge on any atom is -0.462 e. The maximum atomic E-state index is 13.6. The predicted molar refractivity (Wildman–Crippen MR) is 93.6 cm³/mol. The fraction of sp³-hybridized carbons (Fsp3) is 0.389. The van der Waals surface area contributed by atoms with Crippen LogP contribution in [0.1, 0.15) is 37.9 Å². The first kappa shape index (κ1) is 18.8. The Morgan fingerprint density at radius 1 is 1.31 bits per heavy atom. The van der Waals surface area contributed by atoms with Crippen LogP contribution in [-0.2, 0) is 16.0 Å². The molecule has 0 radical (unpaired) electrons. The van der Waals surface area contributed by atoms with E-state index < -0.39 is 35.8 Å². The van der Waals surface area contributed by atoms with Gasteiger partial charge in [-0.25, -0.2) is 23.2 Å². The van der Waals surface area contributed by atoms with E-state index in [1.54, 1.807) is 26.8 Å². The molecule has 29 heavy (non-hydrogen) atoms. The molecule has 1 aliphatic rings. The Kier molecular flexibility index (Phi) is 4.44. The first-order chi connectivity index (χ1) is 13.7. The molecule has 1 aliphatic carbocycles. The molecule has 0 fully saturated rings. The number of halogens is 1. The molecular weight excluding hydrogens is 387 g/mol. The van der Waals surface area contributed by atoms with Crippen LogP contribution in [0, 0.1) is 5.82 Å². The third-order valence-corrected chi connectivity index (χ3v) is 4.24. The minimum absolute atomic E-state index is 0.00431. The van der Waals surface area contributed by atoms with Gasteiger partial charge in [-0.15, -0.1) is 0 Å². The van der Waals surface area contributed by atoms with Gasteiger partial charge in [0.1, 0.15) is 11.4 Å². The largest absolute Gasteiger partial charge is 0.462 e. The molecule has 0 N–H and O–H groups in total. The summed E-state index contributed by atoms with van der Waals surface area (Å²) in [5, 5.41) is 11.0. The van der Waals surface area contributed by atoms with Crippen LogP contribution in [-0.4, -0.2) is 38.2 Å². The monoisotopic (exact) mass is 404 g/mol. The Labute approximate surface area is 163 Å². The van der Waals surface area contributed by atoms with Gasteiger partial charge in [0.15, 0.2) is 6.61 Å². The smallest absolute Gasteiger partial charge is 0.442 e. The number of nitrogens with zero attached hydrogens (tertiary/aromatic N) is 4. The molecular formula is C18H17FN4O6. The van der Waals surface area contributed by atoms with E-state index >= 15 is 0 Å². The molecule has 3 aromatic rings. The van der Waals surface area contributed by atoms with Crippen molar-refractivity contribution in [2.24, 2.45) is 0 Å². The van der Waals surface area contributed by atoms with E-state index in [1.165, 1.54) is 16.7 Å². The maximum absolute atomic E-state index is 13.6. The second-order valence-corrected chi connectivity index (χ2v) is 7.50. The minimum atomic E-state index is -0.749. The predicted octanol–water partition coefficient (Wildman–Crippen LogP) is 1.89. The van der Waals surface area contributed by atoms with Crippen molar-refractivity contribution < 1.29 is 27.8 Å². The topological polar surface area (TPSA) is 122 Å². The molecule has 0 amide bonds. The zero-order valence-corrected chi connectivity index (χ0v) is 15.8. The van der Waals surface area contributed by atoms with Gasteiger partial charge in [0.05, 0.1) is 6.04 Å². The van der Waals surface area contributed by atoms with Crippen LogP contribution in [0.3, 0.4) is 0 Å². The van der Waals surface area contributed by atoms with Crippen molar-refractivity contribution in [3.8, 4) is 17.4 Å². The van der Waals surface area contributed by atoms with Crippen LogP contribution in [0.15, 0.2) is 32.1 Å². The van der Waals surface area contributed by atoms with Gasteiger partial charge < -0.3 is 9.47 Å². The molecule has 0 saturated carbocycles. The van der Waals surface area contributed by atoms with Gasteiger partial charge in [-0.05, 0) is 60.8 Å². The number of carbonyl (C=O) groups excluding carboxylic acids is 1. The van der Waals surface area contributed by atoms with E-state index in [4.69, 9.17) is 14.0 Å². The van der Waals surface area contributed by atoms with Crippen molar-refractivity contribution in [2.75, 3.05) is 6.61 Å². The van der Waals surface area contributed by atoms with Crippen molar-refractivity contribution >= 4 is 5.97 Å². The standard InChI is InChI=1S/C18H17FN4O6/c1-18(2,3)27-13(24)8-26-16-14(20-29-22-16)15-21-28-17(25)23(15)12-6-9-4-5-10(19)7-11(9)12/h4-5,7,12H,6,8H2,1-3H3. The number of hydrogen-bond donors (Lipinski definition) is 0. The van der Waals surface area contributed by atoms with Crippen LogP contribution in [0.5, 0.6) is 5.88 Å². The number of hydrogen-bond acceptors (Lipinski definition) is 9. The average molecular weight is 404 g/mol. The van der Waals surface area contributed by atoms with E-state index in [9.17, 15) is 14.0 Å². The first-order valence-electron chi connectivity index (χ1n) is 8.77. The zero-order valence-electron chi connectivity index (χ0n) is 15.8. The van der Waals surface area contributed by atoms with Crippen molar-refractivity contribution in [3.63, 3.8) is 0 Å². The lowest BCUT2D eigenvalue weighted by atomic mass is 9.83. The molecule has 2 aromatic heterocycles. The SMILES string of the molecule is CC(C)(C)OC(=O)COc1nonc1-c1noc(=O)n1C1Cc2ccc(F)cc21. The fourth-order valence-electron chi connectivity index (χ4n) is 3.08. The Bertz CT molecular complexity index is 1130. The molecule has 152 valence electrons. The van der Waals surface area contributed by atoms with Gasteiger partial charge in [-0.2, -0.15) is 0 Å². The highest BCUT2D eigenvalue weighted by Crippen LogP contribution is 2.38. The van der Waals surface area contributed by atoms with E-state index in [1.807, 2.05) is 0 Å². The Hall–Kier alpha value is -3.50. The summed E-state index contributed by atoms with van der Waals surface area (Å²) in [4.78, 5) is 24.1. The van der Waals surface area contributed by atoms with Gasteiger partial charge in [0, 0.05) is 0 Å². The highest BCUT2D eigenvalue weighted by atomic mass is 19.1. The number of carbonyl (C=O) groups is 1. The van der Waals surface area contributed by atoms with Crippen LogP contribution in [0.2, 0.25) is 0 Å². The molecule has 0 spiro atoms. The molecule has 11 heteroatoms. The van der Waals surface area contributed by atoms with Gasteiger partial charge in [-0.1, -0.05) is 11.2 Å². The summed E-state index contributed by atoms with van der Waals surface area (Å²) < 4.78 is 34.8. The maximum Gasteiger partial charge on any atom is 0.442 e. The molecule has 0 bridgehead atoms. The third kappa shape index (κ3) is 3.62. The Morgan fingerprint density at radius 3 is 2.86 bits per heavy atom. The summed E-state index contributed by atoms with van der Waals surface area (Å²) >= 11 is 0. The molecule has 4 rings (SSSR count).